The predicted molar refractivity (Wildman–Crippen MR) is 175 cm³/mol. The fraction of sp³-hybridized carbons (Fsp3) is 0.763. The van der Waals surface area contributed by atoms with Gasteiger partial charge in [-0.15, -0.1) is 0 Å². The molecule has 14 atom stereocenters. The van der Waals surface area contributed by atoms with E-state index < -0.39 is 117 Å². The van der Waals surface area contributed by atoms with Crippen molar-refractivity contribution in [3.63, 3.8) is 0 Å². The van der Waals surface area contributed by atoms with Crippen molar-refractivity contribution in [2.24, 2.45) is 34.0 Å². The lowest BCUT2D eigenvalue weighted by molar-refractivity contribution is -0.480. The summed E-state index contributed by atoms with van der Waals surface area (Å²) in [6.45, 7) is 13.2. The van der Waals surface area contributed by atoms with Crippen molar-refractivity contribution in [1.82, 2.24) is 0 Å². The first-order valence-corrected chi connectivity index (χ1v) is 18.4. The maximum absolute atomic E-state index is 14.0. The third kappa shape index (κ3) is 3.87. The van der Waals surface area contributed by atoms with Gasteiger partial charge in [-0.05, 0) is 18.4 Å². The zero-order valence-corrected chi connectivity index (χ0v) is 31.5. The van der Waals surface area contributed by atoms with Gasteiger partial charge >= 0.3 is 29.8 Å². The molecular weight excluding hydrogens is 696 g/mol. The molecule has 8 rings (SSSR count). The van der Waals surface area contributed by atoms with Gasteiger partial charge in [-0.3, -0.25) is 24.0 Å². The third-order valence-corrected chi connectivity index (χ3v) is 14.6. The van der Waals surface area contributed by atoms with E-state index in [1.165, 1.54) is 26.6 Å². The summed E-state index contributed by atoms with van der Waals surface area (Å²) >= 11 is 0. The highest BCUT2D eigenvalue weighted by Gasteiger charge is 3.04. The molecule has 7 aliphatic rings. The van der Waals surface area contributed by atoms with Crippen molar-refractivity contribution >= 4 is 29.8 Å². The maximum atomic E-state index is 14.0. The van der Waals surface area contributed by atoms with Crippen LogP contribution in [0.15, 0.2) is 23.0 Å². The predicted octanol–water partition coefficient (Wildman–Crippen LogP) is 3.44. The lowest BCUT2D eigenvalue weighted by atomic mass is 9.33. The van der Waals surface area contributed by atoms with E-state index in [0.29, 0.717) is 5.56 Å². The zero-order valence-electron chi connectivity index (χ0n) is 31.5. The second-order valence-electron chi connectivity index (χ2n) is 17.2. The summed E-state index contributed by atoms with van der Waals surface area (Å²) in [7, 11) is 1.27. The molecule has 2 spiro atoms. The first kappa shape index (κ1) is 36.4. The van der Waals surface area contributed by atoms with Crippen molar-refractivity contribution in [1.29, 1.82) is 0 Å². The Morgan fingerprint density at radius 3 is 2.28 bits per heavy atom. The molecule has 4 saturated carbocycles. The van der Waals surface area contributed by atoms with Crippen molar-refractivity contribution in [3.8, 4) is 0 Å². The number of ether oxygens (including phenoxy) is 8. The van der Waals surface area contributed by atoms with Gasteiger partial charge in [0.1, 0.15) is 35.1 Å². The van der Waals surface area contributed by atoms with Gasteiger partial charge in [0.25, 0.3) is 5.97 Å². The number of furan rings is 1. The van der Waals surface area contributed by atoms with Crippen LogP contribution in [0, 0.1) is 34.0 Å². The van der Waals surface area contributed by atoms with Crippen LogP contribution < -0.4 is 0 Å². The van der Waals surface area contributed by atoms with Crippen LogP contribution in [-0.4, -0.2) is 88.8 Å². The fourth-order valence-corrected chi connectivity index (χ4v) is 12.9. The molecule has 290 valence electrons. The minimum absolute atomic E-state index is 0.0326. The summed E-state index contributed by atoms with van der Waals surface area (Å²) < 4.78 is 57.1. The molecule has 4 heterocycles. The summed E-state index contributed by atoms with van der Waals surface area (Å²) in [5.41, 5.74) is -11.2. The molecule has 7 fully saturated rings. The van der Waals surface area contributed by atoms with E-state index in [1.807, 2.05) is 13.8 Å². The Hall–Kier alpha value is -3.53. The Morgan fingerprint density at radius 1 is 0.981 bits per heavy atom. The van der Waals surface area contributed by atoms with E-state index in [4.69, 9.17) is 42.3 Å². The summed E-state index contributed by atoms with van der Waals surface area (Å²) in [5.74, 6) is -7.57. The van der Waals surface area contributed by atoms with E-state index >= 15 is 0 Å². The van der Waals surface area contributed by atoms with Crippen LogP contribution in [0.4, 0.5) is 0 Å². The van der Waals surface area contributed by atoms with Crippen LogP contribution in [0.25, 0.3) is 0 Å². The molecule has 1 aromatic rings. The number of rotatable bonds is 8. The molecule has 0 aromatic carbocycles. The van der Waals surface area contributed by atoms with Crippen molar-refractivity contribution in [2.45, 2.75) is 140 Å². The molecule has 0 amide bonds. The molecule has 1 N–H and O–H groups in total. The van der Waals surface area contributed by atoms with Crippen LogP contribution >= 0.6 is 0 Å². The Balaban J connectivity index is 1.49. The molecule has 3 saturated heterocycles. The lowest BCUT2D eigenvalue weighted by Crippen LogP contribution is -2.94. The molecule has 0 radical (unpaired) electrons. The Labute approximate surface area is 306 Å². The van der Waals surface area contributed by atoms with Gasteiger partial charge < -0.3 is 47.4 Å². The van der Waals surface area contributed by atoms with Crippen LogP contribution in [0.1, 0.15) is 99.2 Å². The van der Waals surface area contributed by atoms with E-state index in [0.717, 1.165) is 0 Å². The number of esters is 5. The molecule has 4 bridgehead atoms. The number of hydrogen-bond acceptors (Lipinski definition) is 15. The first-order chi connectivity index (χ1) is 24.7. The molecule has 15 nitrogen and oxygen atoms in total. The zero-order chi connectivity index (χ0) is 38.5. The van der Waals surface area contributed by atoms with E-state index in [9.17, 15) is 29.1 Å². The van der Waals surface area contributed by atoms with E-state index in [-0.39, 0.29) is 32.1 Å². The normalized spacial score (nSPS) is 49.5. The standard InChI is InChI=1S/C38H48O15/c1-10-24(40)49-30-37(44)29(50-28(43)18(2)3)31(5)17-36(37)33(7,21(31)13-25(41)45-9)35-15-23(47-19(4)39)32(6)22(38(30,35)53-34(8,51-35)52-36)14-26(42)48-27(32)20-11-12-46-16-20/h11-12,16,18,21-23,27,29-30,44H,10,13-15,17H2,1-9H3/t21-,22-,23-,27-,29-,30+,31+,32-,33+,34+,35-,36+,37+,38+/m0/s1. The van der Waals surface area contributed by atoms with Crippen LogP contribution in [0.5, 0.6) is 0 Å². The number of methoxy groups -OCH3 is 1. The topological polar surface area (TPSA) is 193 Å². The van der Waals surface area contributed by atoms with Gasteiger partial charge in [0, 0.05) is 55.4 Å². The van der Waals surface area contributed by atoms with Gasteiger partial charge in [0.15, 0.2) is 11.7 Å². The average molecular weight is 745 g/mol. The van der Waals surface area contributed by atoms with Gasteiger partial charge in [0.05, 0.1) is 37.4 Å². The van der Waals surface area contributed by atoms with Crippen molar-refractivity contribution in [2.75, 3.05) is 7.11 Å². The molecule has 53 heavy (non-hydrogen) atoms. The Bertz CT molecular complexity index is 1790. The van der Waals surface area contributed by atoms with Crippen molar-refractivity contribution < 1.29 is 71.4 Å². The molecule has 1 aromatic heterocycles. The minimum Gasteiger partial charge on any atom is -0.472 e. The molecule has 15 heteroatoms. The van der Waals surface area contributed by atoms with Crippen LogP contribution in [0.2, 0.25) is 0 Å². The molecule has 0 unspecified atom stereocenters. The Morgan fingerprint density at radius 2 is 1.68 bits per heavy atom. The summed E-state index contributed by atoms with van der Waals surface area (Å²) in [6, 6.07) is 1.64. The quantitative estimate of drug-likeness (QED) is 0.300. The number of fused-ring (bicyclic) bond motifs is 3. The Kier molecular flexibility index (Phi) is 7.44. The summed E-state index contributed by atoms with van der Waals surface area (Å²) in [4.78, 5) is 68.0. The molecule has 4 aliphatic carbocycles. The number of carbonyl (C=O) groups excluding carboxylic acids is 5. The fourth-order valence-electron chi connectivity index (χ4n) is 12.9. The lowest BCUT2D eigenvalue weighted by Gasteiger charge is -2.77. The smallest absolute Gasteiger partial charge is 0.308 e. The average Bonchev–Trinajstić information content (AvgIpc) is 3.78. The van der Waals surface area contributed by atoms with Gasteiger partial charge in [0.2, 0.25) is 0 Å². The van der Waals surface area contributed by atoms with E-state index in [1.54, 1.807) is 40.7 Å². The highest BCUT2D eigenvalue weighted by atomic mass is 16.9. The SMILES string of the molecule is CCC(=O)O[C@@H]1[C@]2(O)[C@@H](OC(=O)C(C)C)[C@]3(C)C[C@]24O[C@]2(C)O[C@]15[C@H]1CC(=O)O[C@@H](c6ccoc6)[C@]1(C)[C@@H](OC(C)=O)C[C@]5(O2)[C@@]4(C)[C@H]3CC(=O)OC. The second kappa shape index (κ2) is 10.8. The number of carbonyl (C=O) groups is 5. The van der Waals surface area contributed by atoms with Crippen LogP contribution in [0.3, 0.4) is 0 Å². The van der Waals surface area contributed by atoms with Gasteiger partial charge in [-0.25, -0.2) is 0 Å². The van der Waals surface area contributed by atoms with Crippen molar-refractivity contribution in [3.05, 3.63) is 24.2 Å². The highest BCUT2D eigenvalue weighted by Crippen LogP contribution is 2.89. The number of hydrogen-bond donors (Lipinski definition) is 1. The number of cyclic esters (lactones) is 1. The third-order valence-electron chi connectivity index (χ3n) is 14.6. The highest BCUT2D eigenvalue weighted by molar-refractivity contribution is 5.75. The summed E-state index contributed by atoms with van der Waals surface area (Å²) in [6.07, 6.45) is -3.06. The number of aliphatic hydroxyl groups is 1. The molecule has 3 aliphatic heterocycles. The monoisotopic (exact) mass is 744 g/mol. The maximum Gasteiger partial charge on any atom is 0.308 e. The van der Waals surface area contributed by atoms with Crippen LogP contribution in [-0.2, 0) is 61.9 Å². The largest absolute Gasteiger partial charge is 0.472 e. The van der Waals surface area contributed by atoms with Gasteiger partial charge in [-0.2, -0.15) is 0 Å². The van der Waals surface area contributed by atoms with E-state index in [2.05, 4.69) is 0 Å². The summed E-state index contributed by atoms with van der Waals surface area (Å²) in [5, 5.41) is 13.9. The first-order valence-electron chi connectivity index (χ1n) is 18.4. The minimum atomic E-state index is -2.33. The molecular formula is C38H48O15. The van der Waals surface area contributed by atoms with Gasteiger partial charge in [-0.1, -0.05) is 41.5 Å². The second-order valence-corrected chi connectivity index (χ2v) is 17.2.